The number of hydrogen-bond donors (Lipinski definition) is 0. The van der Waals surface area contributed by atoms with Crippen molar-refractivity contribution in [2.45, 2.75) is 0 Å². The van der Waals surface area contributed by atoms with Crippen molar-refractivity contribution in [3.8, 4) is 0 Å². The molecule has 0 spiro atoms. The molecule has 0 bridgehead atoms. The summed E-state index contributed by atoms with van der Waals surface area (Å²) in [5.41, 5.74) is 2.34. The van der Waals surface area contributed by atoms with E-state index < -0.39 is 0 Å². The topological polar surface area (TPSA) is 3.24 Å². The van der Waals surface area contributed by atoms with Crippen LogP contribution in [0, 0.1) is 0 Å². The molecule has 0 aliphatic heterocycles. The van der Waals surface area contributed by atoms with E-state index in [-0.39, 0.29) is 0 Å². The summed E-state index contributed by atoms with van der Waals surface area (Å²) >= 11 is 0. The molecule has 68 valence electrons. The number of benzene rings is 1. The van der Waals surface area contributed by atoms with Gasteiger partial charge in [-0.2, -0.15) is 0 Å². The van der Waals surface area contributed by atoms with Crippen molar-refractivity contribution in [1.29, 1.82) is 0 Å². The first kappa shape index (κ1) is 9.59. The Kier molecular flexibility index (Phi) is 3.32. The first-order chi connectivity index (χ1) is 6.27. The van der Waals surface area contributed by atoms with Crippen LogP contribution in [0.25, 0.3) is 6.08 Å². The van der Waals surface area contributed by atoms with Crippen LogP contribution in [0.2, 0.25) is 0 Å². The summed E-state index contributed by atoms with van der Waals surface area (Å²) in [7, 11) is 2.05. The van der Waals surface area contributed by atoms with Gasteiger partial charge in [0.05, 0.1) is 0 Å². The van der Waals surface area contributed by atoms with Crippen LogP contribution >= 0.6 is 0 Å². The third-order valence-corrected chi connectivity index (χ3v) is 1.95. The molecule has 0 amide bonds. The van der Waals surface area contributed by atoms with Crippen LogP contribution in [0.5, 0.6) is 0 Å². The Bertz CT molecular complexity index is 302. The predicted octanol–water partition coefficient (Wildman–Crippen LogP) is 2.95. The standard InChI is InChI=1S/C12H15N/c1-4-9-13(3)12-8-6-7-11(5-2)10-12/h4-8,10H,1-2,9H2,3H3. The maximum atomic E-state index is 3.74. The maximum absolute atomic E-state index is 3.74. The highest BCUT2D eigenvalue weighted by atomic mass is 15.1. The Morgan fingerprint density at radius 3 is 2.77 bits per heavy atom. The molecule has 1 aromatic carbocycles. The van der Waals surface area contributed by atoms with E-state index >= 15 is 0 Å². The van der Waals surface area contributed by atoms with Crippen LogP contribution in [-0.4, -0.2) is 13.6 Å². The largest absolute Gasteiger partial charge is 0.371 e. The van der Waals surface area contributed by atoms with Crippen LogP contribution in [0.3, 0.4) is 0 Å². The van der Waals surface area contributed by atoms with Crippen molar-refractivity contribution >= 4 is 11.8 Å². The molecule has 0 heterocycles. The zero-order valence-corrected chi connectivity index (χ0v) is 8.03. The van der Waals surface area contributed by atoms with Crippen LogP contribution < -0.4 is 4.90 Å². The summed E-state index contributed by atoms with van der Waals surface area (Å²) in [4.78, 5) is 2.14. The molecule has 0 atom stereocenters. The summed E-state index contributed by atoms with van der Waals surface area (Å²) in [5.74, 6) is 0. The summed E-state index contributed by atoms with van der Waals surface area (Å²) in [6.45, 7) is 8.31. The minimum absolute atomic E-state index is 0.862. The van der Waals surface area contributed by atoms with E-state index in [0.717, 1.165) is 12.1 Å². The number of hydrogen-bond acceptors (Lipinski definition) is 1. The molecule has 0 fully saturated rings. The average molecular weight is 173 g/mol. The highest BCUT2D eigenvalue weighted by Gasteiger charge is 1.97. The first-order valence-corrected chi connectivity index (χ1v) is 4.32. The van der Waals surface area contributed by atoms with Gasteiger partial charge < -0.3 is 4.90 Å². The molecule has 0 saturated heterocycles. The minimum atomic E-state index is 0.862. The molecule has 1 nitrogen and oxygen atoms in total. The van der Waals surface area contributed by atoms with Crippen molar-refractivity contribution in [2.75, 3.05) is 18.5 Å². The van der Waals surface area contributed by atoms with Crippen LogP contribution in [-0.2, 0) is 0 Å². The van der Waals surface area contributed by atoms with Gasteiger partial charge in [0.1, 0.15) is 0 Å². The number of nitrogens with zero attached hydrogens (tertiary/aromatic N) is 1. The van der Waals surface area contributed by atoms with Crippen LogP contribution in [0.1, 0.15) is 5.56 Å². The molecule has 0 saturated carbocycles. The molecule has 0 aliphatic carbocycles. The van der Waals surface area contributed by atoms with Crippen LogP contribution in [0.15, 0.2) is 43.5 Å². The minimum Gasteiger partial charge on any atom is -0.371 e. The van der Waals surface area contributed by atoms with Gasteiger partial charge in [0.25, 0.3) is 0 Å². The maximum Gasteiger partial charge on any atom is 0.0372 e. The van der Waals surface area contributed by atoms with Gasteiger partial charge in [0.15, 0.2) is 0 Å². The normalized spacial score (nSPS) is 9.31. The fourth-order valence-corrected chi connectivity index (χ4v) is 1.19. The van der Waals surface area contributed by atoms with Crippen LogP contribution in [0.4, 0.5) is 5.69 Å². The highest BCUT2D eigenvalue weighted by Crippen LogP contribution is 2.14. The summed E-state index contributed by atoms with van der Waals surface area (Å²) in [6.07, 6.45) is 3.74. The lowest BCUT2D eigenvalue weighted by Crippen LogP contribution is -2.16. The summed E-state index contributed by atoms with van der Waals surface area (Å²) in [5, 5.41) is 0. The quantitative estimate of drug-likeness (QED) is 0.633. The van der Waals surface area contributed by atoms with E-state index in [1.165, 1.54) is 5.69 Å². The molecule has 1 rings (SSSR count). The Hall–Kier alpha value is -1.50. The molecular formula is C12H15N. The third-order valence-electron chi connectivity index (χ3n) is 1.95. The molecule has 0 unspecified atom stereocenters. The average Bonchev–Trinajstić information content (AvgIpc) is 2.18. The van der Waals surface area contributed by atoms with Gasteiger partial charge in [-0.15, -0.1) is 6.58 Å². The lowest BCUT2D eigenvalue weighted by atomic mass is 10.2. The Labute approximate surface area is 80.0 Å². The first-order valence-electron chi connectivity index (χ1n) is 4.32. The van der Waals surface area contributed by atoms with Gasteiger partial charge in [-0.1, -0.05) is 30.9 Å². The molecule has 0 N–H and O–H groups in total. The second-order valence-electron chi connectivity index (χ2n) is 2.97. The Morgan fingerprint density at radius 2 is 2.15 bits per heavy atom. The third kappa shape index (κ3) is 2.48. The van der Waals surface area contributed by atoms with E-state index in [0.29, 0.717) is 0 Å². The van der Waals surface area contributed by atoms with Gasteiger partial charge in [-0.25, -0.2) is 0 Å². The van der Waals surface area contributed by atoms with E-state index in [2.05, 4.69) is 30.2 Å². The summed E-state index contributed by atoms with van der Waals surface area (Å²) in [6, 6.07) is 8.26. The second-order valence-corrected chi connectivity index (χ2v) is 2.97. The molecular weight excluding hydrogens is 158 g/mol. The van der Waals surface area contributed by atoms with Crippen molar-refractivity contribution in [3.63, 3.8) is 0 Å². The van der Waals surface area contributed by atoms with Gasteiger partial charge >= 0.3 is 0 Å². The molecule has 0 aliphatic rings. The SMILES string of the molecule is C=CCN(C)c1cccc(C=C)c1. The molecule has 0 aromatic heterocycles. The van der Waals surface area contributed by atoms with E-state index in [4.69, 9.17) is 0 Å². The summed E-state index contributed by atoms with van der Waals surface area (Å²) < 4.78 is 0. The van der Waals surface area contributed by atoms with E-state index in [1.807, 2.05) is 31.3 Å². The van der Waals surface area contributed by atoms with Gasteiger partial charge in [-0.3, -0.25) is 0 Å². The van der Waals surface area contributed by atoms with Crippen molar-refractivity contribution in [2.24, 2.45) is 0 Å². The zero-order valence-electron chi connectivity index (χ0n) is 8.03. The molecule has 1 heteroatoms. The van der Waals surface area contributed by atoms with Crippen molar-refractivity contribution in [3.05, 3.63) is 49.1 Å². The van der Waals surface area contributed by atoms with Gasteiger partial charge in [0, 0.05) is 19.3 Å². The van der Waals surface area contributed by atoms with Crippen molar-refractivity contribution in [1.82, 2.24) is 0 Å². The molecule has 0 radical (unpaired) electrons. The zero-order chi connectivity index (χ0) is 9.68. The number of anilines is 1. The van der Waals surface area contributed by atoms with Crippen molar-refractivity contribution < 1.29 is 0 Å². The fourth-order valence-electron chi connectivity index (χ4n) is 1.19. The Morgan fingerprint density at radius 1 is 1.38 bits per heavy atom. The predicted molar refractivity (Wildman–Crippen MR) is 60.0 cm³/mol. The second kappa shape index (κ2) is 4.51. The molecule has 1 aromatic rings. The lowest BCUT2D eigenvalue weighted by Gasteiger charge is -2.17. The van der Waals surface area contributed by atoms with Gasteiger partial charge in [-0.05, 0) is 17.7 Å². The van der Waals surface area contributed by atoms with E-state index in [1.54, 1.807) is 0 Å². The molecule has 13 heavy (non-hydrogen) atoms. The Balaban J connectivity index is 2.87. The lowest BCUT2D eigenvalue weighted by molar-refractivity contribution is 1.03. The van der Waals surface area contributed by atoms with Gasteiger partial charge in [0.2, 0.25) is 0 Å². The number of likely N-dealkylation sites (N-methyl/N-ethyl adjacent to an activating group) is 1. The number of rotatable bonds is 4. The fraction of sp³-hybridized carbons (Fsp3) is 0.167. The smallest absolute Gasteiger partial charge is 0.0372 e. The van der Waals surface area contributed by atoms with E-state index in [9.17, 15) is 0 Å². The highest BCUT2D eigenvalue weighted by molar-refractivity contribution is 5.57. The monoisotopic (exact) mass is 173 g/mol.